The summed E-state index contributed by atoms with van der Waals surface area (Å²) in [6.07, 6.45) is 0. The molecule has 5 heteroatoms. The summed E-state index contributed by atoms with van der Waals surface area (Å²) < 4.78 is 11.1. The SMILES string of the molecule is CCOc1ccc2oc(C(=O)N3CCNCC3)cc2c1. The summed E-state index contributed by atoms with van der Waals surface area (Å²) in [5.41, 5.74) is 0.715. The molecule has 1 aromatic carbocycles. The lowest BCUT2D eigenvalue weighted by atomic mass is 10.2. The Morgan fingerprint density at radius 1 is 1.35 bits per heavy atom. The number of nitrogens with one attached hydrogen (secondary N) is 1. The van der Waals surface area contributed by atoms with E-state index in [1.165, 1.54) is 0 Å². The molecular formula is C15H18N2O3. The first-order valence-electron chi connectivity index (χ1n) is 6.94. The lowest BCUT2D eigenvalue weighted by Gasteiger charge is -2.26. The van der Waals surface area contributed by atoms with E-state index in [0.717, 1.165) is 37.3 Å². The molecule has 106 valence electrons. The number of piperazine rings is 1. The van der Waals surface area contributed by atoms with Crippen molar-refractivity contribution in [3.63, 3.8) is 0 Å². The number of fused-ring (bicyclic) bond motifs is 1. The number of benzene rings is 1. The molecule has 0 bridgehead atoms. The summed E-state index contributed by atoms with van der Waals surface area (Å²) in [7, 11) is 0. The third-order valence-electron chi connectivity index (χ3n) is 3.41. The fraction of sp³-hybridized carbons (Fsp3) is 0.400. The first-order valence-corrected chi connectivity index (χ1v) is 6.94. The second kappa shape index (κ2) is 5.54. The highest BCUT2D eigenvalue weighted by Crippen LogP contribution is 2.25. The standard InChI is InChI=1S/C15H18N2O3/c1-2-19-12-3-4-13-11(9-12)10-14(20-13)15(18)17-7-5-16-6-8-17/h3-4,9-10,16H,2,5-8H2,1H3. The van der Waals surface area contributed by atoms with Crippen LogP contribution in [0.15, 0.2) is 28.7 Å². The summed E-state index contributed by atoms with van der Waals surface area (Å²) >= 11 is 0. The molecule has 1 aliphatic heterocycles. The number of carbonyl (C=O) groups is 1. The van der Waals surface area contributed by atoms with Gasteiger partial charge in [-0.1, -0.05) is 0 Å². The van der Waals surface area contributed by atoms with Crippen LogP contribution in [0.25, 0.3) is 11.0 Å². The number of hydrogen-bond acceptors (Lipinski definition) is 4. The molecule has 1 aromatic heterocycles. The van der Waals surface area contributed by atoms with Crippen LogP contribution in [0.3, 0.4) is 0 Å². The summed E-state index contributed by atoms with van der Waals surface area (Å²) in [5.74, 6) is 1.15. The lowest BCUT2D eigenvalue weighted by molar-refractivity contribution is 0.0706. The molecule has 0 spiro atoms. The van der Waals surface area contributed by atoms with Crippen molar-refractivity contribution in [1.82, 2.24) is 10.2 Å². The first-order chi connectivity index (χ1) is 9.78. The van der Waals surface area contributed by atoms with Crippen molar-refractivity contribution >= 4 is 16.9 Å². The molecular weight excluding hydrogens is 256 g/mol. The highest BCUT2D eigenvalue weighted by molar-refractivity contribution is 5.96. The van der Waals surface area contributed by atoms with Crippen molar-refractivity contribution in [2.45, 2.75) is 6.92 Å². The minimum absolute atomic E-state index is 0.0411. The van der Waals surface area contributed by atoms with Crippen LogP contribution in [0.2, 0.25) is 0 Å². The van der Waals surface area contributed by atoms with Gasteiger partial charge in [0.1, 0.15) is 11.3 Å². The van der Waals surface area contributed by atoms with Gasteiger partial charge in [0.2, 0.25) is 0 Å². The Morgan fingerprint density at radius 2 is 2.15 bits per heavy atom. The van der Waals surface area contributed by atoms with Gasteiger partial charge in [0.15, 0.2) is 5.76 Å². The zero-order chi connectivity index (χ0) is 13.9. The largest absolute Gasteiger partial charge is 0.494 e. The Morgan fingerprint density at radius 3 is 2.90 bits per heavy atom. The Labute approximate surface area is 117 Å². The molecule has 0 atom stereocenters. The first kappa shape index (κ1) is 13.0. The maximum absolute atomic E-state index is 12.4. The molecule has 0 radical (unpaired) electrons. The number of amides is 1. The topological polar surface area (TPSA) is 54.7 Å². The quantitative estimate of drug-likeness (QED) is 0.928. The van der Waals surface area contributed by atoms with Gasteiger partial charge < -0.3 is 19.4 Å². The maximum atomic E-state index is 12.4. The highest BCUT2D eigenvalue weighted by atomic mass is 16.5. The molecule has 1 amide bonds. The van der Waals surface area contributed by atoms with Crippen LogP contribution in [0.5, 0.6) is 5.75 Å². The molecule has 1 saturated heterocycles. The predicted molar refractivity (Wildman–Crippen MR) is 76.2 cm³/mol. The van der Waals surface area contributed by atoms with Gasteiger partial charge in [0.05, 0.1) is 6.61 Å². The zero-order valence-electron chi connectivity index (χ0n) is 11.5. The molecule has 3 rings (SSSR count). The Bertz CT molecular complexity index is 615. The van der Waals surface area contributed by atoms with Crippen LogP contribution in [0.1, 0.15) is 17.5 Å². The van der Waals surface area contributed by atoms with E-state index < -0.39 is 0 Å². The number of rotatable bonds is 3. The minimum atomic E-state index is -0.0411. The van der Waals surface area contributed by atoms with E-state index in [1.807, 2.05) is 30.0 Å². The van der Waals surface area contributed by atoms with Crippen LogP contribution in [0.4, 0.5) is 0 Å². The summed E-state index contributed by atoms with van der Waals surface area (Å²) in [5, 5.41) is 4.13. The Kier molecular flexibility index (Phi) is 3.60. The van der Waals surface area contributed by atoms with E-state index in [0.29, 0.717) is 18.0 Å². The number of carbonyl (C=O) groups excluding carboxylic acids is 1. The van der Waals surface area contributed by atoms with E-state index in [1.54, 1.807) is 6.07 Å². The molecule has 1 fully saturated rings. The summed E-state index contributed by atoms with van der Waals surface area (Å²) in [6.45, 7) is 5.68. The van der Waals surface area contributed by atoms with Crippen LogP contribution < -0.4 is 10.1 Å². The predicted octanol–water partition coefficient (Wildman–Crippen LogP) is 1.88. The van der Waals surface area contributed by atoms with Crippen LogP contribution in [-0.2, 0) is 0 Å². The fourth-order valence-corrected chi connectivity index (χ4v) is 2.41. The second-order valence-electron chi connectivity index (χ2n) is 4.79. The number of furan rings is 1. The smallest absolute Gasteiger partial charge is 0.289 e. The van der Waals surface area contributed by atoms with Gasteiger partial charge in [-0.25, -0.2) is 0 Å². The average Bonchev–Trinajstić information content (AvgIpc) is 2.91. The minimum Gasteiger partial charge on any atom is -0.494 e. The van der Waals surface area contributed by atoms with Gasteiger partial charge in [0.25, 0.3) is 5.91 Å². The van der Waals surface area contributed by atoms with Crippen LogP contribution in [0, 0.1) is 0 Å². The van der Waals surface area contributed by atoms with Gasteiger partial charge in [0, 0.05) is 31.6 Å². The van der Waals surface area contributed by atoms with Gasteiger partial charge in [-0.2, -0.15) is 0 Å². The van der Waals surface area contributed by atoms with E-state index in [2.05, 4.69) is 5.32 Å². The number of hydrogen-bond donors (Lipinski definition) is 1. The van der Waals surface area contributed by atoms with Crippen molar-refractivity contribution in [2.75, 3.05) is 32.8 Å². The molecule has 1 N–H and O–H groups in total. The number of ether oxygens (including phenoxy) is 1. The third-order valence-corrected chi connectivity index (χ3v) is 3.41. The van der Waals surface area contributed by atoms with E-state index >= 15 is 0 Å². The van der Waals surface area contributed by atoms with Gasteiger partial charge in [-0.05, 0) is 31.2 Å². The molecule has 20 heavy (non-hydrogen) atoms. The van der Waals surface area contributed by atoms with Crippen molar-refractivity contribution in [2.24, 2.45) is 0 Å². The molecule has 2 heterocycles. The van der Waals surface area contributed by atoms with Gasteiger partial charge in [-0.3, -0.25) is 4.79 Å². The highest BCUT2D eigenvalue weighted by Gasteiger charge is 2.21. The number of nitrogens with zero attached hydrogens (tertiary/aromatic N) is 1. The van der Waals surface area contributed by atoms with Crippen LogP contribution in [-0.4, -0.2) is 43.6 Å². The zero-order valence-corrected chi connectivity index (χ0v) is 11.5. The molecule has 0 aliphatic carbocycles. The van der Waals surface area contributed by atoms with Crippen LogP contribution >= 0.6 is 0 Å². The monoisotopic (exact) mass is 274 g/mol. The molecule has 2 aromatic rings. The molecule has 0 saturated carbocycles. The maximum Gasteiger partial charge on any atom is 0.289 e. The third kappa shape index (κ3) is 2.49. The van der Waals surface area contributed by atoms with E-state index in [4.69, 9.17) is 9.15 Å². The lowest BCUT2D eigenvalue weighted by Crippen LogP contribution is -2.46. The van der Waals surface area contributed by atoms with E-state index in [9.17, 15) is 4.79 Å². The normalized spacial score (nSPS) is 15.6. The van der Waals surface area contributed by atoms with Crippen molar-refractivity contribution in [3.05, 3.63) is 30.0 Å². The Hall–Kier alpha value is -2.01. The van der Waals surface area contributed by atoms with Crippen molar-refractivity contribution in [3.8, 4) is 5.75 Å². The molecule has 5 nitrogen and oxygen atoms in total. The summed E-state index contributed by atoms with van der Waals surface area (Å²) in [6, 6.07) is 7.39. The average molecular weight is 274 g/mol. The summed E-state index contributed by atoms with van der Waals surface area (Å²) in [4.78, 5) is 14.2. The Balaban J connectivity index is 1.86. The van der Waals surface area contributed by atoms with Crippen molar-refractivity contribution < 1.29 is 13.9 Å². The van der Waals surface area contributed by atoms with E-state index in [-0.39, 0.29) is 5.91 Å². The molecule has 0 unspecified atom stereocenters. The fourth-order valence-electron chi connectivity index (χ4n) is 2.41. The molecule has 1 aliphatic rings. The second-order valence-corrected chi connectivity index (χ2v) is 4.79. The van der Waals surface area contributed by atoms with Gasteiger partial charge in [-0.15, -0.1) is 0 Å². The van der Waals surface area contributed by atoms with Crippen molar-refractivity contribution in [1.29, 1.82) is 0 Å². The van der Waals surface area contributed by atoms with Gasteiger partial charge >= 0.3 is 0 Å².